The molecule has 4 rings (SSSR count). The molecule has 2 aliphatic heterocycles. The summed E-state index contributed by atoms with van der Waals surface area (Å²) in [4.78, 5) is 5.54. The van der Waals surface area contributed by atoms with E-state index < -0.39 is 0 Å². The van der Waals surface area contributed by atoms with Gasteiger partial charge in [0.2, 0.25) is 0 Å². The minimum Gasteiger partial charge on any atom is -0.489 e. The van der Waals surface area contributed by atoms with Crippen molar-refractivity contribution in [3.63, 3.8) is 0 Å². The van der Waals surface area contributed by atoms with Gasteiger partial charge in [0.05, 0.1) is 29.5 Å². The molecule has 0 amide bonds. The number of nitrogens with zero attached hydrogens (tertiary/aromatic N) is 1. The largest absolute Gasteiger partial charge is 0.489 e. The highest BCUT2D eigenvalue weighted by atomic mass is 16.6. The van der Waals surface area contributed by atoms with Gasteiger partial charge in [-0.1, -0.05) is 47.6 Å². The second-order valence-corrected chi connectivity index (χ2v) is 7.18. The molecule has 2 heterocycles. The summed E-state index contributed by atoms with van der Waals surface area (Å²) in [5, 5.41) is 17.6. The number of hydrogen-bond donors (Lipinski definition) is 2. The molecule has 0 saturated carbocycles. The van der Waals surface area contributed by atoms with E-state index in [9.17, 15) is 5.11 Å². The van der Waals surface area contributed by atoms with Crippen molar-refractivity contribution < 1.29 is 14.7 Å². The molecular weight excluding hydrogens is 328 g/mol. The number of anilines is 1. The second-order valence-electron chi connectivity index (χ2n) is 7.18. The second kappa shape index (κ2) is 6.32. The van der Waals surface area contributed by atoms with Crippen LogP contribution in [0.5, 0.6) is 5.75 Å². The molecule has 0 spiro atoms. The van der Waals surface area contributed by atoms with Gasteiger partial charge in [0.1, 0.15) is 18.5 Å². The topological polar surface area (TPSA) is 63.1 Å². The van der Waals surface area contributed by atoms with Crippen LogP contribution >= 0.6 is 0 Å². The van der Waals surface area contributed by atoms with Gasteiger partial charge in [0, 0.05) is 11.1 Å². The fourth-order valence-electron chi connectivity index (χ4n) is 3.79. The number of benzene rings is 2. The summed E-state index contributed by atoms with van der Waals surface area (Å²) in [7, 11) is 0. The zero-order chi connectivity index (χ0) is 18.3. The zero-order valence-corrected chi connectivity index (χ0v) is 15.3. The SMILES string of the molecule is CC1=NOC(C)C1(C)c1ccc(CO)c2c1OCC(c1ccccc1)N2. The van der Waals surface area contributed by atoms with Crippen LogP contribution in [0.3, 0.4) is 0 Å². The predicted molar refractivity (Wildman–Crippen MR) is 102 cm³/mol. The van der Waals surface area contributed by atoms with E-state index in [4.69, 9.17) is 9.57 Å². The molecule has 2 aromatic rings. The van der Waals surface area contributed by atoms with Gasteiger partial charge in [-0.15, -0.1) is 0 Å². The minimum atomic E-state index is -0.362. The van der Waals surface area contributed by atoms with E-state index in [2.05, 4.69) is 29.5 Å². The van der Waals surface area contributed by atoms with Crippen LogP contribution in [0, 0.1) is 0 Å². The minimum absolute atomic E-state index is 0.0453. The smallest absolute Gasteiger partial charge is 0.147 e. The average Bonchev–Trinajstić information content (AvgIpc) is 2.95. The number of hydrogen-bond acceptors (Lipinski definition) is 5. The fourth-order valence-corrected chi connectivity index (χ4v) is 3.79. The van der Waals surface area contributed by atoms with E-state index in [1.165, 1.54) is 0 Å². The van der Waals surface area contributed by atoms with Gasteiger partial charge < -0.3 is 20.0 Å². The van der Waals surface area contributed by atoms with Gasteiger partial charge in [-0.3, -0.25) is 0 Å². The van der Waals surface area contributed by atoms with Crippen LogP contribution in [0.15, 0.2) is 47.6 Å². The molecule has 0 bridgehead atoms. The van der Waals surface area contributed by atoms with E-state index in [-0.39, 0.29) is 24.2 Å². The Bertz CT molecular complexity index is 850. The van der Waals surface area contributed by atoms with Crippen molar-refractivity contribution in [3.05, 3.63) is 59.2 Å². The third kappa shape index (κ3) is 2.46. The van der Waals surface area contributed by atoms with E-state index >= 15 is 0 Å². The van der Waals surface area contributed by atoms with Crippen LogP contribution in [0.25, 0.3) is 0 Å². The summed E-state index contributed by atoms with van der Waals surface area (Å²) in [6.07, 6.45) is -0.0815. The Morgan fingerprint density at radius 1 is 1.23 bits per heavy atom. The van der Waals surface area contributed by atoms with Gasteiger partial charge >= 0.3 is 0 Å². The summed E-state index contributed by atoms with van der Waals surface area (Å²) in [5.74, 6) is 0.790. The van der Waals surface area contributed by atoms with Gasteiger partial charge in [0.15, 0.2) is 0 Å². The Morgan fingerprint density at radius 3 is 2.65 bits per heavy atom. The first-order valence-electron chi connectivity index (χ1n) is 8.98. The quantitative estimate of drug-likeness (QED) is 0.882. The van der Waals surface area contributed by atoms with Gasteiger partial charge in [-0.2, -0.15) is 0 Å². The van der Waals surface area contributed by atoms with E-state index in [0.29, 0.717) is 6.61 Å². The van der Waals surface area contributed by atoms with Crippen LogP contribution in [-0.4, -0.2) is 23.5 Å². The first kappa shape index (κ1) is 16.9. The standard InChI is InChI=1S/C21H24N2O3/c1-13-21(3,14(2)26-23-13)17-10-9-16(11-24)19-20(17)25-12-18(22-19)15-7-5-4-6-8-15/h4-10,14,18,22,24H,11-12H2,1-3H3. The van der Waals surface area contributed by atoms with Gasteiger partial charge in [0.25, 0.3) is 0 Å². The molecule has 26 heavy (non-hydrogen) atoms. The van der Waals surface area contributed by atoms with Crippen LogP contribution in [0.1, 0.15) is 43.5 Å². The lowest BCUT2D eigenvalue weighted by molar-refractivity contribution is 0.0675. The fraction of sp³-hybridized carbons (Fsp3) is 0.381. The van der Waals surface area contributed by atoms with Crippen molar-refractivity contribution in [1.29, 1.82) is 0 Å². The number of nitrogens with one attached hydrogen (secondary N) is 1. The molecular formula is C21H24N2O3. The third-order valence-corrected chi connectivity index (χ3v) is 5.80. The molecule has 2 aliphatic rings. The lowest BCUT2D eigenvalue weighted by atomic mass is 9.74. The number of aliphatic hydroxyl groups is 1. The summed E-state index contributed by atoms with van der Waals surface area (Å²) in [5.41, 5.74) is 4.45. The predicted octanol–water partition coefficient (Wildman–Crippen LogP) is 3.78. The third-order valence-electron chi connectivity index (χ3n) is 5.80. The van der Waals surface area contributed by atoms with Crippen LogP contribution in [-0.2, 0) is 16.9 Å². The Kier molecular flexibility index (Phi) is 4.11. The maximum Gasteiger partial charge on any atom is 0.147 e. The highest BCUT2D eigenvalue weighted by molar-refractivity contribution is 5.95. The number of ether oxygens (including phenoxy) is 1. The van der Waals surface area contributed by atoms with E-state index in [0.717, 1.165) is 33.8 Å². The van der Waals surface area contributed by atoms with Crippen molar-refractivity contribution in [3.8, 4) is 5.75 Å². The van der Waals surface area contributed by atoms with Crippen molar-refractivity contribution in [2.45, 2.75) is 44.9 Å². The molecule has 5 nitrogen and oxygen atoms in total. The number of rotatable bonds is 3. The first-order chi connectivity index (χ1) is 12.6. The molecule has 0 saturated heterocycles. The molecule has 136 valence electrons. The lowest BCUT2D eigenvalue weighted by Gasteiger charge is -2.35. The molecule has 2 aromatic carbocycles. The lowest BCUT2D eigenvalue weighted by Crippen LogP contribution is -2.39. The number of aliphatic hydroxyl groups excluding tert-OH is 1. The first-order valence-corrected chi connectivity index (χ1v) is 8.98. The summed E-state index contributed by atoms with van der Waals surface area (Å²) < 4.78 is 6.25. The highest BCUT2D eigenvalue weighted by Gasteiger charge is 2.46. The Morgan fingerprint density at radius 2 is 2.00 bits per heavy atom. The monoisotopic (exact) mass is 352 g/mol. The molecule has 0 fully saturated rings. The van der Waals surface area contributed by atoms with Crippen molar-refractivity contribution >= 4 is 11.4 Å². The van der Waals surface area contributed by atoms with Crippen LogP contribution in [0.4, 0.5) is 5.69 Å². The van der Waals surface area contributed by atoms with E-state index in [1.807, 2.05) is 44.2 Å². The van der Waals surface area contributed by atoms with Crippen LogP contribution < -0.4 is 10.1 Å². The molecule has 0 radical (unpaired) electrons. The Hall–Kier alpha value is -2.53. The summed E-state index contributed by atoms with van der Waals surface area (Å²) in [6, 6.07) is 14.2. The van der Waals surface area contributed by atoms with E-state index in [1.54, 1.807) is 0 Å². The average molecular weight is 352 g/mol. The number of fused-ring (bicyclic) bond motifs is 1. The summed E-state index contributed by atoms with van der Waals surface area (Å²) in [6.45, 7) is 6.62. The van der Waals surface area contributed by atoms with Gasteiger partial charge in [-0.05, 0) is 26.3 Å². The molecule has 2 N–H and O–H groups in total. The number of oxime groups is 1. The maximum atomic E-state index is 9.83. The summed E-state index contributed by atoms with van der Waals surface area (Å²) >= 11 is 0. The van der Waals surface area contributed by atoms with Crippen LogP contribution in [0.2, 0.25) is 0 Å². The van der Waals surface area contributed by atoms with Crippen molar-refractivity contribution in [2.75, 3.05) is 11.9 Å². The molecule has 5 heteroatoms. The van der Waals surface area contributed by atoms with Crippen molar-refractivity contribution in [2.24, 2.45) is 5.16 Å². The maximum absolute atomic E-state index is 9.83. The molecule has 3 atom stereocenters. The molecule has 0 aliphatic carbocycles. The molecule has 3 unspecified atom stereocenters. The Balaban J connectivity index is 1.79. The van der Waals surface area contributed by atoms with Crippen molar-refractivity contribution in [1.82, 2.24) is 0 Å². The highest BCUT2D eigenvalue weighted by Crippen LogP contribution is 2.47. The Labute approximate surface area is 153 Å². The zero-order valence-electron chi connectivity index (χ0n) is 15.3. The van der Waals surface area contributed by atoms with Gasteiger partial charge in [-0.25, -0.2) is 0 Å². The molecule has 0 aromatic heterocycles. The normalized spacial score (nSPS) is 27.0.